The van der Waals surface area contributed by atoms with E-state index < -0.39 is 0 Å². The normalized spacial score (nSPS) is 19.6. The van der Waals surface area contributed by atoms with Crippen molar-refractivity contribution in [2.24, 2.45) is 5.41 Å². The molecular weight excluding hydrogens is 172 g/mol. The van der Waals surface area contributed by atoms with E-state index in [1.807, 2.05) is 0 Å². The Hall–Kier alpha value is -0.330. The molecule has 1 nitrogen and oxygen atoms in total. The number of rotatable bonds is 4. The molecular formula is C13H23O. The molecule has 0 unspecified atom stereocenters. The highest BCUT2D eigenvalue weighted by atomic mass is 16.1. The predicted molar refractivity (Wildman–Crippen MR) is 60.0 cm³/mol. The smallest absolute Gasteiger partial charge is 0.129 e. The monoisotopic (exact) mass is 195 g/mol. The second kappa shape index (κ2) is 4.95. The molecule has 0 aliphatic heterocycles. The fourth-order valence-corrected chi connectivity index (χ4v) is 2.32. The van der Waals surface area contributed by atoms with Gasteiger partial charge in [-0.15, -0.1) is 0 Å². The fraction of sp³-hybridized carbons (Fsp3) is 0.846. The third-order valence-corrected chi connectivity index (χ3v) is 3.52. The van der Waals surface area contributed by atoms with E-state index in [0.717, 1.165) is 12.8 Å². The molecule has 0 saturated heterocycles. The summed E-state index contributed by atoms with van der Waals surface area (Å²) in [6.07, 6.45) is 8.49. The summed E-state index contributed by atoms with van der Waals surface area (Å²) in [6, 6.07) is 0. The Kier molecular flexibility index (Phi) is 4.15. The van der Waals surface area contributed by atoms with Crippen LogP contribution in [0.4, 0.5) is 0 Å². The van der Waals surface area contributed by atoms with E-state index in [9.17, 15) is 4.79 Å². The van der Waals surface area contributed by atoms with Gasteiger partial charge in [-0.2, -0.15) is 0 Å². The number of Topliss-reactive ketones (excluding diaryl/α,β-unsaturated/α-hetero) is 1. The molecule has 1 radical (unpaired) electrons. The lowest BCUT2D eigenvalue weighted by Gasteiger charge is -2.36. The van der Waals surface area contributed by atoms with Crippen LogP contribution in [0.3, 0.4) is 0 Å². The number of hydrogen-bond donors (Lipinski definition) is 0. The van der Waals surface area contributed by atoms with Crippen LogP contribution >= 0.6 is 0 Å². The SMILES string of the molecule is CC(=O)CCC(C)(C)[C]1CCCCC1. The van der Waals surface area contributed by atoms with Gasteiger partial charge in [0.1, 0.15) is 5.78 Å². The van der Waals surface area contributed by atoms with Crippen molar-refractivity contribution in [3.8, 4) is 0 Å². The van der Waals surface area contributed by atoms with Gasteiger partial charge in [0, 0.05) is 6.42 Å². The minimum absolute atomic E-state index is 0.298. The van der Waals surface area contributed by atoms with Crippen LogP contribution in [0.15, 0.2) is 0 Å². The van der Waals surface area contributed by atoms with Crippen molar-refractivity contribution >= 4 is 5.78 Å². The molecule has 0 amide bonds. The molecule has 1 aliphatic rings. The number of ketones is 1. The lowest BCUT2D eigenvalue weighted by molar-refractivity contribution is -0.117. The van der Waals surface area contributed by atoms with Crippen LogP contribution in [-0.4, -0.2) is 5.78 Å². The fourth-order valence-electron chi connectivity index (χ4n) is 2.32. The maximum Gasteiger partial charge on any atom is 0.129 e. The largest absolute Gasteiger partial charge is 0.300 e. The summed E-state index contributed by atoms with van der Waals surface area (Å²) in [4.78, 5) is 11.0. The molecule has 0 heterocycles. The minimum Gasteiger partial charge on any atom is -0.300 e. The lowest BCUT2D eigenvalue weighted by Crippen LogP contribution is -2.24. The van der Waals surface area contributed by atoms with Crippen molar-refractivity contribution in [3.05, 3.63) is 5.92 Å². The van der Waals surface area contributed by atoms with Crippen molar-refractivity contribution in [1.82, 2.24) is 0 Å². The highest BCUT2D eigenvalue weighted by molar-refractivity contribution is 5.75. The van der Waals surface area contributed by atoms with E-state index in [-0.39, 0.29) is 0 Å². The van der Waals surface area contributed by atoms with E-state index >= 15 is 0 Å². The minimum atomic E-state index is 0.298. The van der Waals surface area contributed by atoms with Crippen LogP contribution < -0.4 is 0 Å². The highest BCUT2D eigenvalue weighted by Crippen LogP contribution is 2.42. The van der Waals surface area contributed by atoms with Gasteiger partial charge in [0.2, 0.25) is 0 Å². The second-order valence-electron chi connectivity index (χ2n) is 5.25. The number of carbonyl (C=O) groups is 1. The molecule has 0 aromatic heterocycles. The van der Waals surface area contributed by atoms with E-state index in [0.29, 0.717) is 11.2 Å². The zero-order valence-corrected chi connectivity index (χ0v) is 9.86. The molecule has 14 heavy (non-hydrogen) atoms. The Labute approximate surface area is 88.3 Å². The first-order valence-corrected chi connectivity index (χ1v) is 5.87. The molecule has 1 rings (SSSR count). The van der Waals surface area contributed by atoms with Gasteiger partial charge in [-0.25, -0.2) is 0 Å². The first kappa shape index (κ1) is 11.7. The molecule has 0 bridgehead atoms. The molecule has 1 saturated carbocycles. The Morgan fingerprint density at radius 1 is 1.21 bits per heavy atom. The lowest BCUT2D eigenvalue weighted by atomic mass is 9.69. The molecule has 0 N–H and O–H groups in total. The average Bonchev–Trinajstić information content (AvgIpc) is 2.16. The van der Waals surface area contributed by atoms with Crippen molar-refractivity contribution < 1.29 is 4.79 Å². The van der Waals surface area contributed by atoms with Crippen LogP contribution in [0.2, 0.25) is 0 Å². The summed E-state index contributed by atoms with van der Waals surface area (Å²) >= 11 is 0. The molecule has 0 atom stereocenters. The van der Waals surface area contributed by atoms with Crippen molar-refractivity contribution in [3.63, 3.8) is 0 Å². The van der Waals surface area contributed by atoms with Crippen LogP contribution in [0.5, 0.6) is 0 Å². The third-order valence-electron chi connectivity index (χ3n) is 3.52. The Morgan fingerprint density at radius 3 is 2.29 bits per heavy atom. The topological polar surface area (TPSA) is 17.1 Å². The molecule has 1 aliphatic carbocycles. The van der Waals surface area contributed by atoms with E-state index in [4.69, 9.17) is 0 Å². The van der Waals surface area contributed by atoms with Gasteiger partial charge in [0.15, 0.2) is 0 Å². The van der Waals surface area contributed by atoms with Gasteiger partial charge >= 0.3 is 0 Å². The van der Waals surface area contributed by atoms with E-state index in [1.54, 1.807) is 12.8 Å². The van der Waals surface area contributed by atoms with Crippen molar-refractivity contribution in [2.45, 2.75) is 65.7 Å². The summed E-state index contributed by atoms with van der Waals surface area (Å²) in [6.45, 7) is 6.30. The number of hydrogen-bond acceptors (Lipinski definition) is 1. The Morgan fingerprint density at radius 2 is 1.79 bits per heavy atom. The van der Waals surface area contributed by atoms with Gasteiger partial charge in [-0.3, -0.25) is 0 Å². The van der Waals surface area contributed by atoms with Gasteiger partial charge in [0.05, 0.1) is 0 Å². The Balaban J connectivity index is 2.41. The zero-order valence-electron chi connectivity index (χ0n) is 9.86. The first-order chi connectivity index (χ1) is 6.52. The first-order valence-electron chi connectivity index (χ1n) is 5.87. The third kappa shape index (κ3) is 3.43. The molecule has 1 heteroatoms. The van der Waals surface area contributed by atoms with Gasteiger partial charge in [-0.05, 0) is 37.5 Å². The van der Waals surface area contributed by atoms with Crippen LogP contribution in [-0.2, 0) is 4.79 Å². The van der Waals surface area contributed by atoms with Crippen LogP contribution in [0.25, 0.3) is 0 Å². The summed E-state index contributed by atoms with van der Waals surface area (Å²) in [7, 11) is 0. The summed E-state index contributed by atoms with van der Waals surface area (Å²) in [5, 5.41) is 0. The quantitative estimate of drug-likeness (QED) is 0.664. The van der Waals surface area contributed by atoms with Gasteiger partial charge in [0.25, 0.3) is 0 Å². The molecule has 0 aromatic rings. The summed E-state index contributed by atoms with van der Waals surface area (Å²) in [5.74, 6) is 2.03. The summed E-state index contributed by atoms with van der Waals surface area (Å²) in [5.41, 5.74) is 0.298. The van der Waals surface area contributed by atoms with Crippen LogP contribution in [0.1, 0.15) is 65.7 Å². The molecule has 0 aromatic carbocycles. The second-order valence-corrected chi connectivity index (χ2v) is 5.25. The van der Waals surface area contributed by atoms with Crippen LogP contribution in [0, 0.1) is 11.3 Å². The van der Waals surface area contributed by atoms with Crippen molar-refractivity contribution in [1.29, 1.82) is 0 Å². The summed E-state index contributed by atoms with van der Waals surface area (Å²) < 4.78 is 0. The van der Waals surface area contributed by atoms with E-state index in [2.05, 4.69) is 13.8 Å². The van der Waals surface area contributed by atoms with Crippen molar-refractivity contribution in [2.75, 3.05) is 0 Å². The maximum absolute atomic E-state index is 11.0. The van der Waals surface area contributed by atoms with Gasteiger partial charge < -0.3 is 4.79 Å². The standard InChI is InChI=1S/C13H23O/c1-11(14)9-10-13(2,3)12-7-5-4-6-8-12/h4-10H2,1-3H3. The Bertz CT molecular complexity index is 187. The number of carbonyl (C=O) groups excluding carboxylic acids is 1. The molecule has 0 spiro atoms. The maximum atomic E-state index is 11.0. The molecule has 81 valence electrons. The molecule has 1 fully saturated rings. The highest BCUT2D eigenvalue weighted by Gasteiger charge is 2.30. The zero-order chi connectivity index (χ0) is 10.6. The van der Waals surface area contributed by atoms with E-state index in [1.165, 1.54) is 32.1 Å². The average molecular weight is 195 g/mol. The predicted octanol–water partition coefficient (Wildman–Crippen LogP) is 3.92. The van der Waals surface area contributed by atoms with Gasteiger partial charge in [-0.1, -0.05) is 33.1 Å².